The van der Waals surface area contributed by atoms with Crippen molar-refractivity contribution in [3.63, 3.8) is 0 Å². The van der Waals surface area contributed by atoms with Crippen LogP contribution in [0.25, 0.3) is 6.08 Å². The second-order valence-corrected chi connectivity index (χ2v) is 5.30. The van der Waals surface area contributed by atoms with Crippen molar-refractivity contribution in [3.8, 4) is 0 Å². The number of hydrogen-bond donors (Lipinski definition) is 2. The van der Waals surface area contributed by atoms with Crippen molar-refractivity contribution in [1.29, 1.82) is 0 Å². The summed E-state index contributed by atoms with van der Waals surface area (Å²) >= 11 is 4.15. The van der Waals surface area contributed by atoms with Gasteiger partial charge in [0.15, 0.2) is 4.67 Å². The summed E-state index contributed by atoms with van der Waals surface area (Å²) in [6, 6.07) is 6.41. The van der Waals surface area contributed by atoms with E-state index in [1.165, 1.54) is 18.2 Å². The molecule has 2 heterocycles. The molecule has 2 rings (SSSR count). The lowest BCUT2D eigenvalue weighted by Gasteiger charge is -1.95. The Morgan fingerprint density at radius 1 is 1.32 bits per heavy atom. The van der Waals surface area contributed by atoms with E-state index in [4.69, 9.17) is 9.52 Å². The smallest absolute Gasteiger partial charge is 0.345 e. The van der Waals surface area contributed by atoms with Gasteiger partial charge in [-0.05, 0) is 46.3 Å². The standard InChI is InChI=1S/C12H8BrNO4S/c13-9-4-1-7(18-9)2-5-10(15)14-11-6-3-8(19-11)12(16)17/h1-6H,(H,14,15)(H,16,17)/b5-2+. The highest BCUT2D eigenvalue weighted by molar-refractivity contribution is 9.10. The summed E-state index contributed by atoms with van der Waals surface area (Å²) in [5, 5.41) is 11.8. The summed E-state index contributed by atoms with van der Waals surface area (Å²) in [4.78, 5) is 22.4. The van der Waals surface area contributed by atoms with Gasteiger partial charge in [0.1, 0.15) is 10.6 Å². The van der Waals surface area contributed by atoms with Gasteiger partial charge in [-0.25, -0.2) is 4.79 Å². The number of hydrogen-bond acceptors (Lipinski definition) is 4. The minimum Gasteiger partial charge on any atom is -0.477 e. The topological polar surface area (TPSA) is 79.5 Å². The molecule has 0 aliphatic heterocycles. The monoisotopic (exact) mass is 341 g/mol. The van der Waals surface area contributed by atoms with Gasteiger partial charge >= 0.3 is 5.97 Å². The lowest BCUT2D eigenvalue weighted by Crippen LogP contribution is -2.05. The Kier molecular flexibility index (Phi) is 4.18. The molecule has 0 fully saturated rings. The third-order valence-corrected chi connectivity index (χ3v) is 3.47. The first-order chi connectivity index (χ1) is 9.04. The van der Waals surface area contributed by atoms with Crippen LogP contribution in [0.15, 0.2) is 39.4 Å². The number of furan rings is 1. The molecule has 0 saturated heterocycles. The van der Waals surface area contributed by atoms with Crippen LogP contribution in [0, 0.1) is 0 Å². The fourth-order valence-corrected chi connectivity index (χ4v) is 2.33. The fraction of sp³-hybridized carbons (Fsp3) is 0. The molecule has 0 spiro atoms. The molecule has 2 aromatic heterocycles. The zero-order valence-electron chi connectivity index (χ0n) is 9.42. The van der Waals surface area contributed by atoms with Crippen LogP contribution in [0.5, 0.6) is 0 Å². The Morgan fingerprint density at radius 2 is 2.11 bits per heavy atom. The Hall–Kier alpha value is -1.86. The van der Waals surface area contributed by atoms with E-state index in [9.17, 15) is 9.59 Å². The fourth-order valence-electron chi connectivity index (χ4n) is 1.26. The molecule has 0 aliphatic rings. The summed E-state index contributed by atoms with van der Waals surface area (Å²) in [7, 11) is 0. The SMILES string of the molecule is O=C(/C=C/c1ccc(Br)o1)Nc1ccc(C(=O)O)s1. The molecule has 1 amide bonds. The van der Waals surface area contributed by atoms with Crippen molar-refractivity contribution in [2.75, 3.05) is 5.32 Å². The molecule has 0 unspecified atom stereocenters. The van der Waals surface area contributed by atoms with Crippen molar-refractivity contribution in [1.82, 2.24) is 0 Å². The number of carboxylic acid groups (broad SMARTS) is 1. The molecule has 0 bridgehead atoms. The summed E-state index contributed by atoms with van der Waals surface area (Å²) in [5.74, 6) is -0.827. The molecule has 0 atom stereocenters. The van der Waals surface area contributed by atoms with Crippen LogP contribution in [0.4, 0.5) is 5.00 Å². The minimum absolute atomic E-state index is 0.175. The predicted molar refractivity (Wildman–Crippen MR) is 75.4 cm³/mol. The molecule has 0 aliphatic carbocycles. The minimum atomic E-state index is -1.01. The van der Waals surface area contributed by atoms with Gasteiger partial charge in [0.2, 0.25) is 5.91 Å². The Labute approximate surface area is 120 Å². The largest absolute Gasteiger partial charge is 0.477 e. The molecule has 98 valence electrons. The van der Waals surface area contributed by atoms with E-state index in [-0.39, 0.29) is 10.8 Å². The molecule has 7 heteroatoms. The Bertz CT molecular complexity index is 644. The molecular formula is C12H8BrNO4S. The highest BCUT2D eigenvalue weighted by atomic mass is 79.9. The van der Waals surface area contributed by atoms with Crippen LogP contribution in [0.3, 0.4) is 0 Å². The van der Waals surface area contributed by atoms with Gasteiger partial charge in [-0.3, -0.25) is 4.79 Å². The lowest BCUT2D eigenvalue weighted by molar-refractivity contribution is -0.111. The van der Waals surface area contributed by atoms with Gasteiger partial charge < -0.3 is 14.8 Å². The van der Waals surface area contributed by atoms with E-state index >= 15 is 0 Å². The molecule has 0 aromatic carbocycles. The number of rotatable bonds is 4. The van der Waals surface area contributed by atoms with Crippen LogP contribution in [0.1, 0.15) is 15.4 Å². The Balaban J connectivity index is 1.97. The average molecular weight is 342 g/mol. The van der Waals surface area contributed by atoms with Gasteiger partial charge in [0.25, 0.3) is 0 Å². The first kappa shape index (κ1) is 13.6. The third-order valence-electron chi connectivity index (χ3n) is 2.06. The maximum absolute atomic E-state index is 11.6. The Morgan fingerprint density at radius 3 is 2.68 bits per heavy atom. The first-order valence-electron chi connectivity index (χ1n) is 5.12. The van der Waals surface area contributed by atoms with Gasteiger partial charge in [0, 0.05) is 6.08 Å². The summed E-state index contributed by atoms with van der Waals surface area (Å²) in [6.07, 6.45) is 2.83. The number of halogens is 1. The molecule has 0 saturated carbocycles. The van der Waals surface area contributed by atoms with Crippen molar-refractivity contribution < 1.29 is 19.1 Å². The highest BCUT2D eigenvalue weighted by Crippen LogP contribution is 2.21. The number of carboxylic acids is 1. The van der Waals surface area contributed by atoms with E-state index in [1.54, 1.807) is 18.2 Å². The van der Waals surface area contributed by atoms with Crippen LogP contribution >= 0.6 is 27.3 Å². The van der Waals surface area contributed by atoms with Crippen molar-refractivity contribution >= 4 is 50.2 Å². The van der Waals surface area contributed by atoms with Crippen molar-refractivity contribution in [2.45, 2.75) is 0 Å². The number of aromatic carboxylic acids is 1. The average Bonchev–Trinajstić information content (AvgIpc) is 2.96. The van der Waals surface area contributed by atoms with Crippen molar-refractivity contribution in [3.05, 3.63) is 45.6 Å². The maximum Gasteiger partial charge on any atom is 0.345 e. The zero-order valence-corrected chi connectivity index (χ0v) is 11.8. The van der Waals surface area contributed by atoms with Gasteiger partial charge in [-0.15, -0.1) is 11.3 Å². The number of thiophene rings is 1. The van der Waals surface area contributed by atoms with Crippen molar-refractivity contribution in [2.24, 2.45) is 0 Å². The van der Waals surface area contributed by atoms with Gasteiger partial charge in [0.05, 0.1) is 5.00 Å². The van der Waals surface area contributed by atoms with E-state index < -0.39 is 5.97 Å². The highest BCUT2D eigenvalue weighted by Gasteiger charge is 2.08. The van der Waals surface area contributed by atoms with Crippen LogP contribution in [-0.2, 0) is 4.79 Å². The summed E-state index contributed by atoms with van der Waals surface area (Å²) < 4.78 is 5.77. The summed E-state index contributed by atoms with van der Waals surface area (Å²) in [6.45, 7) is 0. The van der Waals surface area contributed by atoms with Crippen LogP contribution in [-0.4, -0.2) is 17.0 Å². The molecule has 5 nitrogen and oxygen atoms in total. The van der Waals surface area contributed by atoms with E-state index in [0.717, 1.165) is 11.3 Å². The quantitative estimate of drug-likeness (QED) is 0.834. The number of anilines is 1. The first-order valence-corrected chi connectivity index (χ1v) is 6.73. The second-order valence-electron chi connectivity index (χ2n) is 3.43. The third kappa shape index (κ3) is 3.80. The molecule has 19 heavy (non-hydrogen) atoms. The van der Waals surface area contributed by atoms with Crippen LogP contribution in [0.2, 0.25) is 0 Å². The molecular weight excluding hydrogens is 334 g/mol. The maximum atomic E-state index is 11.6. The predicted octanol–water partition coefficient (Wildman–Crippen LogP) is 3.45. The molecule has 0 radical (unpaired) electrons. The van der Waals surface area contributed by atoms with E-state index in [0.29, 0.717) is 15.4 Å². The molecule has 2 N–H and O–H groups in total. The number of nitrogens with one attached hydrogen (secondary N) is 1. The van der Waals surface area contributed by atoms with Gasteiger partial charge in [-0.1, -0.05) is 0 Å². The normalized spacial score (nSPS) is 10.8. The summed E-state index contributed by atoms with van der Waals surface area (Å²) in [5.41, 5.74) is 0. The number of amides is 1. The van der Waals surface area contributed by atoms with E-state index in [2.05, 4.69) is 21.2 Å². The lowest BCUT2D eigenvalue weighted by atomic mass is 10.4. The number of carbonyl (C=O) groups excluding carboxylic acids is 1. The van der Waals surface area contributed by atoms with Crippen LogP contribution < -0.4 is 5.32 Å². The van der Waals surface area contributed by atoms with E-state index in [1.807, 2.05) is 0 Å². The zero-order chi connectivity index (χ0) is 13.8. The molecule has 2 aromatic rings. The second kappa shape index (κ2) is 5.85. The number of carbonyl (C=O) groups is 2. The van der Waals surface area contributed by atoms with Gasteiger partial charge in [-0.2, -0.15) is 0 Å².